The van der Waals surface area contributed by atoms with E-state index in [0.717, 1.165) is 50.8 Å². The summed E-state index contributed by atoms with van der Waals surface area (Å²) < 4.78 is 5.80. The fourth-order valence-electron chi connectivity index (χ4n) is 3.27. The summed E-state index contributed by atoms with van der Waals surface area (Å²) in [7, 11) is 0. The van der Waals surface area contributed by atoms with Gasteiger partial charge in [0.1, 0.15) is 5.75 Å². The largest absolute Gasteiger partial charge is 0.481 e. The van der Waals surface area contributed by atoms with E-state index < -0.39 is 12.2 Å². The van der Waals surface area contributed by atoms with Gasteiger partial charge in [-0.15, -0.1) is 0 Å². The topological polar surface area (TPSA) is 49.8 Å². The van der Waals surface area contributed by atoms with E-state index in [0.29, 0.717) is 5.75 Å². The molecule has 2 atom stereocenters. The maximum absolute atomic E-state index is 12.3. The number of likely N-dealkylation sites (tertiary alicyclic amines) is 1. The fourth-order valence-corrected chi connectivity index (χ4v) is 3.27. The molecular formula is C17H23NO3. The molecule has 1 aromatic carbocycles. The minimum atomic E-state index is -0.470. The Morgan fingerprint density at radius 2 is 2.10 bits per heavy atom. The molecule has 1 saturated heterocycles. The molecule has 1 heterocycles. The van der Waals surface area contributed by atoms with E-state index in [9.17, 15) is 9.90 Å². The molecule has 1 N–H and O–H groups in total. The van der Waals surface area contributed by atoms with Gasteiger partial charge in [-0.2, -0.15) is 0 Å². The predicted molar refractivity (Wildman–Crippen MR) is 80.2 cm³/mol. The Labute approximate surface area is 125 Å². The lowest BCUT2D eigenvalue weighted by Gasteiger charge is -2.24. The van der Waals surface area contributed by atoms with Crippen LogP contribution in [-0.4, -0.2) is 35.1 Å². The van der Waals surface area contributed by atoms with Crippen LogP contribution in [0.4, 0.5) is 0 Å². The van der Waals surface area contributed by atoms with Gasteiger partial charge in [-0.3, -0.25) is 4.79 Å². The van der Waals surface area contributed by atoms with E-state index in [2.05, 4.69) is 0 Å². The Morgan fingerprint density at radius 1 is 1.33 bits per heavy atom. The molecule has 1 aliphatic heterocycles. The summed E-state index contributed by atoms with van der Waals surface area (Å²) in [5, 5.41) is 10.1. The number of aryl methyl sites for hydroxylation is 1. The normalized spacial score (nSPS) is 22.8. The fraction of sp³-hybridized carbons (Fsp3) is 0.588. The maximum atomic E-state index is 12.3. The second-order valence-corrected chi connectivity index (χ2v) is 6.06. The van der Waals surface area contributed by atoms with Crippen molar-refractivity contribution in [2.24, 2.45) is 0 Å². The van der Waals surface area contributed by atoms with Crippen molar-refractivity contribution in [2.75, 3.05) is 13.1 Å². The van der Waals surface area contributed by atoms with Gasteiger partial charge in [-0.1, -0.05) is 6.07 Å². The summed E-state index contributed by atoms with van der Waals surface area (Å²) >= 11 is 0. The number of ether oxygens (including phenoxy) is 1. The smallest absolute Gasteiger partial charge is 0.263 e. The number of fused-ring (bicyclic) bond motifs is 1. The van der Waals surface area contributed by atoms with Crippen LogP contribution in [0.25, 0.3) is 0 Å². The monoisotopic (exact) mass is 289 g/mol. The number of carbonyl (C=O) groups is 1. The number of aliphatic hydroxyl groups is 1. The van der Waals surface area contributed by atoms with Crippen LogP contribution >= 0.6 is 0 Å². The van der Waals surface area contributed by atoms with Crippen molar-refractivity contribution in [2.45, 2.75) is 51.2 Å². The first-order chi connectivity index (χ1) is 10.1. The van der Waals surface area contributed by atoms with E-state index in [4.69, 9.17) is 4.74 Å². The number of benzene rings is 1. The van der Waals surface area contributed by atoms with E-state index >= 15 is 0 Å². The molecule has 4 nitrogen and oxygen atoms in total. The molecule has 0 bridgehead atoms. The van der Waals surface area contributed by atoms with Crippen LogP contribution in [0.2, 0.25) is 0 Å². The minimum absolute atomic E-state index is 0.0609. The lowest BCUT2D eigenvalue weighted by molar-refractivity contribution is -0.136. The molecule has 1 unspecified atom stereocenters. The van der Waals surface area contributed by atoms with Crippen molar-refractivity contribution in [3.05, 3.63) is 29.3 Å². The van der Waals surface area contributed by atoms with Gasteiger partial charge in [0.2, 0.25) is 0 Å². The Bertz CT molecular complexity index is 523. The van der Waals surface area contributed by atoms with Crippen molar-refractivity contribution in [1.29, 1.82) is 0 Å². The van der Waals surface area contributed by atoms with Crippen molar-refractivity contribution in [3.8, 4) is 5.75 Å². The third-order valence-electron chi connectivity index (χ3n) is 4.48. The zero-order valence-electron chi connectivity index (χ0n) is 12.5. The number of rotatable bonds is 3. The van der Waals surface area contributed by atoms with Crippen LogP contribution in [0.5, 0.6) is 5.75 Å². The van der Waals surface area contributed by atoms with Crippen LogP contribution in [0.15, 0.2) is 18.2 Å². The summed E-state index contributed by atoms with van der Waals surface area (Å²) in [6, 6.07) is 5.82. The van der Waals surface area contributed by atoms with Gasteiger partial charge in [0.15, 0.2) is 6.10 Å². The predicted octanol–water partition coefficient (Wildman–Crippen LogP) is 2.45. The minimum Gasteiger partial charge on any atom is -0.481 e. The number of hydrogen-bond donors (Lipinski definition) is 1. The third kappa shape index (κ3) is 3.05. The molecule has 2 aliphatic rings. The highest BCUT2D eigenvalue weighted by molar-refractivity contribution is 5.81. The second kappa shape index (κ2) is 6.06. The lowest BCUT2D eigenvalue weighted by Crippen LogP contribution is -2.38. The van der Waals surface area contributed by atoms with Gasteiger partial charge in [-0.05, 0) is 62.3 Å². The Balaban J connectivity index is 1.69. The van der Waals surface area contributed by atoms with E-state index in [1.165, 1.54) is 5.56 Å². The van der Waals surface area contributed by atoms with Crippen molar-refractivity contribution < 1.29 is 14.6 Å². The molecule has 1 aliphatic carbocycles. The summed E-state index contributed by atoms with van der Waals surface area (Å²) in [5.74, 6) is 0.737. The van der Waals surface area contributed by atoms with Crippen molar-refractivity contribution in [1.82, 2.24) is 4.90 Å². The highest BCUT2D eigenvalue weighted by Crippen LogP contribution is 2.32. The van der Waals surface area contributed by atoms with Crippen molar-refractivity contribution >= 4 is 5.91 Å². The summed E-state index contributed by atoms with van der Waals surface area (Å²) in [4.78, 5) is 14.1. The molecule has 1 amide bonds. The standard InChI is InChI=1S/C17H23NO3/c1-12(17(20)18-9-2-3-10-18)21-14-8-7-13-5-4-6-16(19)15(13)11-14/h7-8,11-12,16,19H,2-6,9-10H2,1H3/t12?,16-/m0/s1. The summed E-state index contributed by atoms with van der Waals surface area (Å²) in [6.07, 6.45) is 4.14. The molecule has 21 heavy (non-hydrogen) atoms. The molecule has 0 aromatic heterocycles. The van der Waals surface area contributed by atoms with E-state index in [-0.39, 0.29) is 5.91 Å². The van der Waals surface area contributed by atoms with Gasteiger partial charge >= 0.3 is 0 Å². The molecule has 4 heteroatoms. The average molecular weight is 289 g/mol. The Hall–Kier alpha value is -1.55. The lowest BCUT2D eigenvalue weighted by atomic mass is 9.89. The molecular weight excluding hydrogens is 266 g/mol. The number of nitrogens with zero attached hydrogens (tertiary/aromatic N) is 1. The van der Waals surface area contributed by atoms with Crippen LogP contribution in [-0.2, 0) is 11.2 Å². The highest BCUT2D eigenvalue weighted by atomic mass is 16.5. The van der Waals surface area contributed by atoms with Crippen LogP contribution in [0.3, 0.4) is 0 Å². The number of amides is 1. The molecule has 0 saturated carbocycles. The molecule has 0 radical (unpaired) electrons. The molecule has 1 fully saturated rings. The van der Waals surface area contributed by atoms with E-state index in [1.807, 2.05) is 23.1 Å². The van der Waals surface area contributed by atoms with Gasteiger partial charge in [0, 0.05) is 13.1 Å². The third-order valence-corrected chi connectivity index (χ3v) is 4.48. The molecule has 1 aromatic rings. The Kier molecular flexibility index (Phi) is 4.15. The zero-order valence-corrected chi connectivity index (χ0v) is 12.5. The first-order valence-electron chi connectivity index (χ1n) is 7.91. The SMILES string of the molecule is CC(Oc1ccc2c(c1)[C@@H](O)CCC2)C(=O)N1CCCC1. The van der Waals surface area contributed by atoms with Gasteiger partial charge in [-0.25, -0.2) is 0 Å². The summed E-state index contributed by atoms with van der Waals surface area (Å²) in [5.41, 5.74) is 2.15. The average Bonchev–Trinajstić information content (AvgIpc) is 3.01. The first kappa shape index (κ1) is 14.4. The molecule has 114 valence electrons. The second-order valence-electron chi connectivity index (χ2n) is 6.06. The summed E-state index contributed by atoms with van der Waals surface area (Å²) in [6.45, 7) is 3.49. The zero-order chi connectivity index (χ0) is 14.8. The number of aliphatic hydroxyl groups excluding tert-OH is 1. The molecule has 0 spiro atoms. The number of hydrogen-bond acceptors (Lipinski definition) is 3. The van der Waals surface area contributed by atoms with E-state index in [1.54, 1.807) is 6.92 Å². The molecule has 3 rings (SSSR count). The van der Waals surface area contributed by atoms with Crippen LogP contribution in [0, 0.1) is 0 Å². The Morgan fingerprint density at radius 3 is 2.86 bits per heavy atom. The van der Waals surface area contributed by atoms with Crippen LogP contribution in [0.1, 0.15) is 49.8 Å². The van der Waals surface area contributed by atoms with Crippen LogP contribution < -0.4 is 4.74 Å². The quantitative estimate of drug-likeness (QED) is 0.930. The van der Waals surface area contributed by atoms with Gasteiger partial charge in [0.25, 0.3) is 5.91 Å². The van der Waals surface area contributed by atoms with Gasteiger partial charge in [0.05, 0.1) is 6.10 Å². The van der Waals surface area contributed by atoms with Crippen molar-refractivity contribution in [3.63, 3.8) is 0 Å². The first-order valence-corrected chi connectivity index (χ1v) is 7.91. The highest BCUT2D eigenvalue weighted by Gasteiger charge is 2.25. The maximum Gasteiger partial charge on any atom is 0.263 e. The van der Waals surface area contributed by atoms with Gasteiger partial charge < -0.3 is 14.7 Å². The number of carbonyl (C=O) groups excluding carboxylic acids is 1.